The van der Waals surface area contributed by atoms with Gasteiger partial charge in [-0.25, -0.2) is 9.38 Å². The van der Waals surface area contributed by atoms with Gasteiger partial charge in [0.05, 0.1) is 12.2 Å². The van der Waals surface area contributed by atoms with Crippen LogP contribution in [0, 0.1) is 19.7 Å². The number of nitrogens with one attached hydrogen (secondary N) is 2. The van der Waals surface area contributed by atoms with Crippen LogP contribution in [-0.4, -0.2) is 28.8 Å². The molecule has 0 fully saturated rings. The molecule has 0 unspecified atom stereocenters. The van der Waals surface area contributed by atoms with E-state index in [1.165, 1.54) is 17.8 Å². The molecule has 1 aromatic heterocycles. The maximum atomic E-state index is 13.2. The molecule has 138 valence electrons. The molecule has 0 amide bonds. The van der Waals surface area contributed by atoms with Crippen LogP contribution in [0.3, 0.4) is 0 Å². The van der Waals surface area contributed by atoms with Crippen LogP contribution in [0.2, 0.25) is 0 Å². The van der Waals surface area contributed by atoms with E-state index in [1.54, 1.807) is 6.07 Å². The fourth-order valence-corrected chi connectivity index (χ4v) is 2.48. The molecule has 5 nitrogen and oxygen atoms in total. The Kier molecular flexibility index (Phi) is 9.48. The van der Waals surface area contributed by atoms with Crippen molar-refractivity contribution < 1.29 is 4.39 Å². The maximum Gasteiger partial charge on any atom is 0.191 e. The molecule has 0 radical (unpaired) electrons. The molecule has 0 saturated heterocycles. The van der Waals surface area contributed by atoms with Crippen molar-refractivity contribution in [1.82, 2.24) is 20.4 Å². The normalized spacial score (nSPS) is 11.1. The molecular weight excluding hydrogens is 432 g/mol. The molecule has 1 heterocycles. The first kappa shape index (κ1) is 21.4. The van der Waals surface area contributed by atoms with Crippen LogP contribution >= 0.6 is 24.0 Å². The summed E-state index contributed by atoms with van der Waals surface area (Å²) in [7, 11) is 0. The van der Waals surface area contributed by atoms with Gasteiger partial charge < -0.3 is 10.6 Å². The highest BCUT2D eigenvalue weighted by Crippen LogP contribution is 2.05. The Morgan fingerprint density at radius 2 is 2.04 bits per heavy atom. The fraction of sp³-hybridized carbons (Fsp3) is 0.444. The lowest BCUT2D eigenvalue weighted by Crippen LogP contribution is -2.38. The van der Waals surface area contributed by atoms with Gasteiger partial charge >= 0.3 is 0 Å². The monoisotopic (exact) mass is 459 g/mol. The third-order valence-corrected chi connectivity index (χ3v) is 3.60. The summed E-state index contributed by atoms with van der Waals surface area (Å²) in [5.41, 5.74) is 3.08. The fourth-order valence-electron chi connectivity index (χ4n) is 2.48. The molecule has 0 aliphatic carbocycles. The van der Waals surface area contributed by atoms with Crippen molar-refractivity contribution >= 4 is 29.9 Å². The Bertz CT molecular complexity index is 684. The summed E-state index contributed by atoms with van der Waals surface area (Å²) in [5, 5.41) is 11.0. The molecule has 1 aromatic carbocycles. The second kappa shape index (κ2) is 11.1. The Labute approximate surface area is 166 Å². The van der Waals surface area contributed by atoms with Gasteiger partial charge in [-0.2, -0.15) is 5.10 Å². The first-order chi connectivity index (χ1) is 11.6. The Hall–Kier alpha value is -1.64. The Morgan fingerprint density at radius 1 is 1.24 bits per heavy atom. The molecule has 2 aromatic rings. The smallest absolute Gasteiger partial charge is 0.191 e. The average Bonchev–Trinajstić information content (AvgIpc) is 2.87. The number of guanidine groups is 1. The first-order valence-electron chi connectivity index (χ1n) is 8.36. The minimum absolute atomic E-state index is 0. The average molecular weight is 459 g/mol. The number of rotatable bonds is 7. The van der Waals surface area contributed by atoms with Crippen LogP contribution < -0.4 is 10.6 Å². The highest BCUT2D eigenvalue weighted by atomic mass is 127. The first-order valence-corrected chi connectivity index (χ1v) is 8.36. The number of aliphatic imine (C=N–C) groups is 1. The molecule has 2 rings (SSSR count). The molecule has 2 N–H and O–H groups in total. The number of hydrogen-bond donors (Lipinski definition) is 2. The van der Waals surface area contributed by atoms with E-state index < -0.39 is 0 Å². The van der Waals surface area contributed by atoms with Crippen molar-refractivity contribution in [3.63, 3.8) is 0 Å². The minimum atomic E-state index is -0.231. The Balaban J connectivity index is 0.00000312. The summed E-state index contributed by atoms with van der Waals surface area (Å²) >= 11 is 0. The topological polar surface area (TPSA) is 54.2 Å². The van der Waals surface area contributed by atoms with Crippen molar-refractivity contribution in [2.24, 2.45) is 4.99 Å². The SMILES string of the molecule is CCNC(=NCc1cccc(F)c1)NCCCn1nc(C)cc1C.I. The van der Waals surface area contributed by atoms with Crippen LogP contribution in [0.1, 0.15) is 30.3 Å². The predicted octanol–water partition coefficient (Wildman–Crippen LogP) is 3.40. The van der Waals surface area contributed by atoms with Crippen molar-refractivity contribution in [3.8, 4) is 0 Å². The third kappa shape index (κ3) is 7.41. The van der Waals surface area contributed by atoms with E-state index in [1.807, 2.05) is 24.6 Å². The number of aryl methyl sites for hydroxylation is 3. The summed E-state index contributed by atoms with van der Waals surface area (Å²) in [5.74, 6) is 0.515. The van der Waals surface area contributed by atoms with E-state index in [0.29, 0.717) is 6.54 Å². The highest BCUT2D eigenvalue weighted by Gasteiger charge is 2.02. The van der Waals surface area contributed by atoms with Crippen LogP contribution in [0.15, 0.2) is 35.3 Å². The molecule has 0 bridgehead atoms. The number of nitrogens with zero attached hydrogens (tertiary/aromatic N) is 3. The lowest BCUT2D eigenvalue weighted by molar-refractivity contribution is 0.555. The van der Waals surface area contributed by atoms with Gasteiger partial charge in [0, 0.05) is 25.3 Å². The van der Waals surface area contributed by atoms with Crippen molar-refractivity contribution in [3.05, 3.63) is 53.1 Å². The summed E-state index contributed by atoms with van der Waals surface area (Å²) in [6.45, 7) is 9.00. The van der Waals surface area contributed by atoms with Gasteiger partial charge in [0.1, 0.15) is 5.82 Å². The van der Waals surface area contributed by atoms with E-state index in [9.17, 15) is 4.39 Å². The number of hydrogen-bond acceptors (Lipinski definition) is 2. The molecule has 0 aliphatic heterocycles. The lowest BCUT2D eigenvalue weighted by atomic mass is 10.2. The van der Waals surface area contributed by atoms with Gasteiger partial charge in [0.2, 0.25) is 0 Å². The van der Waals surface area contributed by atoms with Crippen LogP contribution in [-0.2, 0) is 13.1 Å². The van der Waals surface area contributed by atoms with E-state index in [4.69, 9.17) is 0 Å². The molecule has 0 spiro atoms. The molecule has 7 heteroatoms. The zero-order valence-electron chi connectivity index (χ0n) is 15.1. The van der Waals surface area contributed by atoms with Gasteiger partial charge in [0.25, 0.3) is 0 Å². The zero-order valence-corrected chi connectivity index (χ0v) is 17.4. The van der Waals surface area contributed by atoms with Gasteiger partial charge in [0.15, 0.2) is 5.96 Å². The van der Waals surface area contributed by atoms with Gasteiger partial charge in [-0.05, 0) is 51.0 Å². The van der Waals surface area contributed by atoms with Crippen molar-refractivity contribution in [1.29, 1.82) is 0 Å². The third-order valence-electron chi connectivity index (χ3n) is 3.60. The summed E-state index contributed by atoms with van der Waals surface area (Å²) in [6, 6.07) is 8.61. The van der Waals surface area contributed by atoms with Gasteiger partial charge in [-0.15, -0.1) is 24.0 Å². The molecule has 25 heavy (non-hydrogen) atoms. The van der Waals surface area contributed by atoms with Crippen LogP contribution in [0.5, 0.6) is 0 Å². The van der Waals surface area contributed by atoms with E-state index >= 15 is 0 Å². The van der Waals surface area contributed by atoms with E-state index in [-0.39, 0.29) is 29.8 Å². The maximum absolute atomic E-state index is 13.2. The van der Waals surface area contributed by atoms with Crippen molar-refractivity contribution in [2.75, 3.05) is 13.1 Å². The van der Waals surface area contributed by atoms with Gasteiger partial charge in [-0.1, -0.05) is 12.1 Å². The van der Waals surface area contributed by atoms with Crippen LogP contribution in [0.4, 0.5) is 4.39 Å². The van der Waals surface area contributed by atoms with Gasteiger partial charge in [-0.3, -0.25) is 4.68 Å². The lowest BCUT2D eigenvalue weighted by Gasteiger charge is -2.11. The zero-order chi connectivity index (χ0) is 17.4. The molecule has 0 saturated carbocycles. The number of benzene rings is 1. The van der Waals surface area contributed by atoms with E-state index in [0.717, 1.165) is 43.3 Å². The van der Waals surface area contributed by atoms with Crippen LogP contribution in [0.25, 0.3) is 0 Å². The number of aromatic nitrogens is 2. The molecular formula is C18H27FIN5. The molecule has 0 aliphatic rings. The summed E-state index contributed by atoms with van der Waals surface area (Å²) < 4.78 is 15.2. The second-order valence-corrected chi connectivity index (χ2v) is 5.76. The summed E-state index contributed by atoms with van der Waals surface area (Å²) in [6.07, 6.45) is 0.951. The summed E-state index contributed by atoms with van der Waals surface area (Å²) in [4.78, 5) is 4.50. The van der Waals surface area contributed by atoms with Crippen molar-refractivity contribution in [2.45, 2.75) is 40.3 Å². The number of halogens is 2. The minimum Gasteiger partial charge on any atom is -0.357 e. The highest BCUT2D eigenvalue weighted by molar-refractivity contribution is 14.0. The Morgan fingerprint density at radius 3 is 2.68 bits per heavy atom. The second-order valence-electron chi connectivity index (χ2n) is 5.76. The molecule has 0 atom stereocenters. The largest absolute Gasteiger partial charge is 0.357 e. The predicted molar refractivity (Wildman–Crippen MR) is 111 cm³/mol. The quantitative estimate of drug-likeness (QED) is 0.289. The van der Waals surface area contributed by atoms with E-state index in [2.05, 4.69) is 33.7 Å². The standard InChI is InChI=1S/C18H26FN5.HI/c1-4-20-18(22-13-16-7-5-8-17(19)12-16)21-9-6-10-24-15(3)11-14(2)23-24;/h5,7-8,11-12H,4,6,9-10,13H2,1-3H3,(H2,20,21,22);1H.